The van der Waals surface area contributed by atoms with Crippen molar-refractivity contribution < 1.29 is 9.90 Å². The summed E-state index contributed by atoms with van der Waals surface area (Å²) >= 11 is 1.16. The zero-order chi connectivity index (χ0) is 17.8. The van der Waals surface area contributed by atoms with Crippen LogP contribution in [-0.2, 0) is 0 Å². The van der Waals surface area contributed by atoms with Crippen LogP contribution in [0.5, 0.6) is 5.75 Å². The van der Waals surface area contributed by atoms with Gasteiger partial charge in [0.25, 0.3) is 0 Å². The first kappa shape index (κ1) is 17.0. The van der Waals surface area contributed by atoms with Gasteiger partial charge in [-0.05, 0) is 72.4 Å². The van der Waals surface area contributed by atoms with Crippen molar-refractivity contribution in [3.8, 4) is 17.1 Å². The second-order valence-corrected chi connectivity index (χ2v) is 6.49. The van der Waals surface area contributed by atoms with Crippen molar-refractivity contribution in [2.24, 2.45) is 4.99 Å². The van der Waals surface area contributed by atoms with Crippen LogP contribution in [0.15, 0.2) is 47.6 Å². The highest BCUT2D eigenvalue weighted by Crippen LogP contribution is 2.22. The molecule has 6 heteroatoms. The standard InChI is InChI=1S/C19H17N3O2S/c1-12-7-14(8-13(2)19(12)24)10-20-11-17(23)18-9-16(22-25-18)15-5-3-4-6-21-15/h3-10,24H,11H2,1-2H3. The Morgan fingerprint density at radius 3 is 2.64 bits per heavy atom. The second kappa shape index (κ2) is 7.36. The lowest BCUT2D eigenvalue weighted by molar-refractivity contribution is 0.101. The second-order valence-electron chi connectivity index (χ2n) is 5.69. The summed E-state index contributed by atoms with van der Waals surface area (Å²) in [7, 11) is 0. The SMILES string of the molecule is Cc1cc(C=NCC(=O)c2cc(-c3ccccn3)ns2)cc(C)c1O. The van der Waals surface area contributed by atoms with Gasteiger partial charge in [-0.15, -0.1) is 0 Å². The van der Waals surface area contributed by atoms with Crippen LogP contribution in [0.4, 0.5) is 0 Å². The number of carbonyl (C=O) groups is 1. The number of benzene rings is 1. The van der Waals surface area contributed by atoms with Crippen molar-refractivity contribution >= 4 is 23.5 Å². The van der Waals surface area contributed by atoms with Crippen LogP contribution < -0.4 is 0 Å². The van der Waals surface area contributed by atoms with Crippen molar-refractivity contribution in [2.75, 3.05) is 6.54 Å². The fourth-order valence-corrected chi connectivity index (χ4v) is 3.09. The summed E-state index contributed by atoms with van der Waals surface area (Å²) in [4.78, 5) is 21.3. The van der Waals surface area contributed by atoms with Crippen LogP contribution >= 0.6 is 11.5 Å². The molecule has 126 valence electrons. The molecule has 2 heterocycles. The third kappa shape index (κ3) is 3.97. The number of nitrogens with zero attached hydrogens (tertiary/aromatic N) is 3. The lowest BCUT2D eigenvalue weighted by Gasteiger charge is -2.04. The predicted molar refractivity (Wildman–Crippen MR) is 99.7 cm³/mol. The monoisotopic (exact) mass is 351 g/mol. The highest BCUT2D eigenvalue weighted by Gasteiger charge is 2.11. The van der Waals surface area contributed by atoms with E-state index in [1.807, 2.05) is 44.2 Å². The molecule has 0 unspecified atom stereocenters. The number of carbonyl (C=O) groups excluding carboxylic acids is 1. The topological polar surface area (TPSA) is 75.4 Å². The average Bonchev–Trinajstić information content (AvgIpc) is 3.10. The number of pyridine rings is 1. The molecule has 0 aliphatic rings. The number of aromatic hydroxyl groups is 1. The van der Waals surface area contributed by atoms with E-state index in [1.165, 1.54) is 0 Å². The highest BCUT2D eigenvalue weighted by atomic mass is 32.1. The van der Waals surface area contributed by atoms with Gasteiger partial charge < -0.3 is 5.11 Å². The van der Waals surface area contributed by atoms with Gasteiger partial charge in [-0.2, -0.15) is 4.37 Å². The van der Waals surface area contributed by atoms with Crippen molar-refractivity contribution in [3.63, 3.8) is 0 Å². The van der Waals surface area contributed by atoms with Crippen LogP contribution in [0.3, 0.4) is 0 Å². The molecule has 0 amide bonds. The van der Waals surface area contributed by atoms with Gasteiger partial charge >= 0.3 is 0 Å². The molecule has 25 heavy (non-hydrogen) atoms. The molecule has 5 nitrogen and oxygen atoms in total. The highest BCUT2D eigenvalue weighted by molar-refractivity contribution is 7.08. The zero-order valence-corrected chi connectivity index (χ0v) is 14.7. The van der Waals surface area contributed by atoms with E-state index in [0.717, 1.165) is 33.9 Å². The van der Waals surface area contributed by atoms with E-state index >= 15 is 0 Å². The number of rotatable bonds is 5. The smallest absolute Gasteiger partial charge is 0.195 e. The number of phenols is 1. The number of aromatic nitrogens is 2. The molecule has 0 saturated carbocycles. The molecule has 0 aliphatic carbocycles. The van der Waals surface area contributed by atoms with Crippen LogP contribution in [-0.4, -0.2) is 33.0 Å². The molecule has 0 aliphatic heterocycles. The first-order valence-electron chi connectivity index (χ1n) is 7.76. The minimum absolute atomic E-state index is 0.0584. The number of Topliss-reactive ketones (excluding diaryl/α,β-unsaturated/α-hetero) is 1. The van der Waals surface area contributed by atoms with Crippen molar-refractivity contribution in [2.45, 2.75) is 13.8 Å². The van der Waals surface area contributed by atoms with Crippen LogP contribution in [0.1, 0.15) is 26.4 Å². The Kier molecular flexibility index (Phi) is 5.00. The summed E-state index contributed by atoms with van der Waals surface area (Å²) in [6.07, 6.45) is 3.35. The third-order valence-corrected chi connectivity index (χ3v) is 4.53. The summed E-state index contributed by atoms with van der Waals surface area (Å²) in [5, 5.41) is 9.78. The molecule has 1 aromatic carbocycles. The molecule has 3 aromatic rings. The zero-order valence-electron chi connectivity index (χ0n) is 13.9. The fraction of sp³-hybridized carbons (Fsp3) is 0.158. The lowest BCUT2D eigenvalue weighted by atomic mass is 10.1. The minimum Gasteiger partial charge on any atom is -0.507 e. The maximum Gasteiger partial charge on any atom is 0.195 e. The number of aliphatic imine (C=N–C) groups is 1. The summed E-state index contributed by atoms with van der Waals surface area (Å²) in [5.41, 5.74) is 3.88. The van der Waals surface area contributed by atoms with Gasteiger partial charge in [-0.25, -0.2) is 0 Å². The molecular weight excluding hydrogens is 334 g/mol. The quantitative estimate of drug-likeness (QED) is 0.560. The van der Waals surface area contributed by atoms with Gasteiger partial charge in [0.2, 0.25) is 0 Å². The molecular formula is C19H17N3O2S. The number of hydrogen-bond acceptors (Lipinski definition) is 6. The fourth-order valence-electron chi connectivity index (χ4n) is 2.42. The van der Waals surface area contributed by atoms with Crippen LogP contribution in [0.25, 0.3) is 11.4 Å². The summed E-state index contributed by atoms with van der Waals surface area (Å²) in [6.45, 7) is 3.73. The molecule has 1 N–H and O–H groups in total. The van der Waals surface area contributed by atoms with Crippen molar-refractivity contribution in [3.05, 3.63) is 64.2 Å². The maximum absolute atomic E-state index is 12.3. The Labute approximate surface area is 149 Å². The Morgan fingerprint density at radius 2 is 1.96 bits per heavy atom. The normalized spacial score (nSPS) is 11.1. The van der Waals surface area contributed by atoms with Gasteiger partial charge in [-0.1, -0.05) is 6.07 Å². The number of phenolic OH excluding ortho intramolecular Hbond substituents is 1. The van der Waals surface area contributed by atoms with Gasteiger partial charge in [0.1, 0.15) is 18.0 Å². The summed E-state index contributed by atoms with van der Waals surface area (Å²) < 4.78 is 4.29. The first-order chi connectivity index (χ1) is 12.0. The van der Waals surface area contributed by atoms with E-state index in [0.29, 0.717) is 16.3 Å². The van der Waals surface area contributed by atoms with Gasteiger partial charge in [0.05, 0.1) is 10.6 Å². The van der Waals surface area contributed by atoms with E-state index < -0.39 is 0 Å². The van der Waals surface area contributed by atoms with E-state index in [2.05, 4.69) is 14.3 Å². The Hall–Kier alpha value is -2.86. The number of hydrogen-bond donors (Lipinski definition) is 1. The van der Waals surface area contributed by atoms with E-state index in [4.69, 9.17) is 0 Å². The summed E-state index contributed by atoms with van der Waals surface area (Å²) in [6, 6.07) is 11.0. The molecule has 0 fully saturated rings. The summed E-state index contributed by atoms with van der Waals surface area (Å²) in [5.74, 6) is 0.211. The molecule has 0 spiro atoms. The maximum atomic E-state index is 12.3. The molecule has 0 radical (unpaired) electrons. The first-order valence-corrected chi connectivity index (χ1v) is 8.53. The van der Waals surface area contributed by atoms with Crippen LogP contribution in [0, 0.1) is 13.8 Å². The molecule has 2 aromatic heterocycles. The predicted octanol–water partition coefficient (Wildman–Crippen LogP) is 3.83. The minimum atomic E-state index is -0.0804. The number of aryl methyl sites for hydroxylation is 2. The largest absolute Gasteiger partial charge is 0.507 e. The Bertz CT molecular complexity index is 910. The lowest BCUT2D eigenvalue weighted by Crippen LogP contribution is -2.01. The Morgan fingerprint density at radius 1 is 1.20 bits per heavy atom. The van der Waals surface area contributed by atoms with E-state index in [9.17, 15) is 9.90 Å². The average molecular weight is 351 g/mol. The number of ketones is 1. The van der Waals surface area contributed by atoms with Crippen molar-refractivity contribution in [1.82, 2.24) is 9.36 Å². The third-order valence-electron chi connectivity index (χ3n) is 3.70. The molecule has 3 rings (SSSR count). The molecule has 0 saturated heterocycles. The van der Waals surface area contributed by atoms with Gasteiger partial charge in [0.15, 0.2) is 5.78 Å². The van der Waals surface area contributed by atoms with Crippen molar-refractivity contribution in [1.29, 1.82) is 0 Å². The molecule has 0 atom stereocenters. The Balaban J connectivity index is 1.68. The molecule has 0 bridgehead atoms. The van der Waals surface area contributed by atoms with Crippen LogP contribution in [0.2, 0.25) is 0 Å². The van der Waals surface area contributed by atoms with Gasteiger partial charge in [0, 0.05) is 12.4 Å². The van der Waals surface area contributed by atoms with E-state index in [1.54, 1.807) is 18.5 Å². The van der Waals surface area contributed by atoms with E-state index in [-0.39, 0.29) is 12.3 Å². The van der Waals surface area contributed by atoms with Gasteiger partial charge in [-0.3, -0.25) is 14.8 Å².